The van der Waals surface area contributed by atoms with E-state index in [0.717, 1.165) is 17.7 Å². The number of benzene rings is 2. The van der Waals surface area contributed by atoms with Crippen molar-refractivity contribution in [1.29, 1.82) is 0 Å². The maximum absolute atomic E-state index is 13.3. The normalized spacial score (nSPS) is 10.6. The number of pyridine rings is 1. The Morgan fingerprint density at radius 2 is 1.67 bits per heavy atom. The zero-order valence-electron chi connectivity index (χ0n) is 12.8. The Morgan fingerprint density at radius 3 is 2.46 bits per heavy atom. The molecule has 24 heavy (non-hydrogen) atoms. The summed E-state index contributed by atoms with van der Waals surface area (Å²) in [6, 6.07) is 15.4. The molecule has 3 aromatic rings. The minimum absolute atomic E-state index is 0.258. The van der Waals surface area contributed by atoms with Gasteiger partial charge in [-0.1, -0.05) is 18.2 Å². The van der Waals surface area contributed by atoms with Crippen molar-refractivity contribution in [2.75, 3.05) is 11.9 Å². The van der Waals surface area contributed by atoms with E-state index >= 15 is 0 Å². The Morgan fingerprint density at radius 1 is 0.833 bits per heavy atom. The van der Waals surface area contributed by atoms with Crippen LogP contribution in [-0.2, 0) is 6.42 Å². The standard InChI is InChI=1S/C19H15F3N2/c20-15-4-1-3-13(11-15)9-10-23-19-6-2-5-18(24-19)14-7-8-16(21)17(22)12-14/h1-8,11-12H,9-10H2,(H,23,24). The number of aromatic nitrogens is 1. The van der Waals surface area contributed by atoms with Crippen LogP contribution in [-0.4, -0.2) is 11.5 Å². The van der Waals surface area contributed by atoms with Crippen LogP contribution in [0.1, 0.15) is 5.56 Å². The molecule has 0 spiro atoms. The van der Waals surface area contributed by atoms with Gasteiger partial charge in [0, 0.05) is 12.1 Å². The lowest BCUT2D eigenvalue weighted by Crippen LogP contribution is -2.06. The Bertz CT molecular complexity index is 850. The summed E-state index contributed by atoms with van der Waals surface area (Å²) < 4.78 is 39.5. The number of rotatable bonds is 5. The fourth-order valence-corrected chi connectivity index (χ4v) is 2.38. The van der Waals surface area contributed by atoms with Gasteiger partial charge in [0.1, 0.15) is 11.6 Å². The van der Waals surface area contributed by atoms with Gasteiger partial charge in [-0.15, -0.1) is 0 Å². The number of nitrogens with zero attached hydrogens (tertiary/aromatic N) is 1. The van der Waals surface area contributed by atoms with Gasteiger partial charge in [-0.25, -0.2) is 18.2 Å². The van der Waals surface area contributed by atoms with E-state index in [1.54, 1.807) is 24.3 Å². The van der Waals surface area contributed by atoms with Gasteiger partial charge in [-0.2, -0.15) is 0 Å². The molecule has 122 valence electrons. The predicted molar refractivity (Wildman–Crippen MR) is 88.2 cm³/mol. The molecule has 0 saturated carbocycles. The average molecular weight is 328 g/mol. The van der Waals surface area contributed by atoms with Gasteiger partial charge in [0.2, 0.25) is 0 Å². The molecule has 2 nitrogen and oxygen atoms in total. The lowest BCUT2D eigenvalue weighted by molar-refractivity contribution is 0.509. The first-order valence-electron chi connectivity index (χ1n) is 7.52. The lowest BCUT2D eigenvalue weighted by atomic mass is 10.1. The highest BCUT2D eigenvalue weighted by Gasteiger charge is 2.06. The highest BCUT2D eigenvalue weighted by Crippen LogP contribution is 2.21. The third kappa shape index (κ3) is 3.93. The molecule has 0 aliphatic carbocycles. The molecule has 0 aliphatic rings. The molecule has 0 fully saturated rings. The van der Waals surface area contributed by atoms with E-state index in [4.69, 9.17) is 0 Å². The third-order valence-electron chi connectivity index (χ3n) is 3.57. The molecule has 1 heterocycles. The van der Waals surface area contributed by atoms with Crippen molar-refractivity contribution in [2.24, 2.45) is 0 Å². The van der Waals surface area contributed by atoms with Crippen molar-refractivity contribution < 1.29 is 13.2 Å². The number of anilines is 1. The molecule has 5 heteroatoms. The summed E-state index contributed by atoms with van der Waals surface area (Å²) in [7, 11) is 0. The highest BCUT2D eigenvalue weighted by molar-refractivity contribution is 5.61. The summed E-state index contributed by atoms with van der Waals surface area (Å²) in [6.07, 6.45) is 0.648. The van der Waals surface area contributed by atoms with Crippen molar-refractivity contribution in [3.05, 3.63) is 83.7 Å². The summed E-state index contributed by atoms with van der Waals surface area (Å²) in [5, 5.41) is 3.15. The fraction of sp³-hybridized carbons (Fsp3) is 0.105. The molecule has 2 aromatic carbocycles. The van der Waals surface area contributed by atoms with E-state index in [2.05, 4.69) is 10.3 Å². The quantitative estimate of drug-likeness (QED) is 0.726. The molecule has 1 aromatic heterocycles. The van der Waals surface area contributed by atoms with Crippen LogP contribution in [0.5, 0.6) is 0 Å². The molecule has 0 aliphatic heterocycles. The van der Waals surface area contributed by atoms with Gasteiger partial charge >= 0.3 is 0 Å². The van der Waals surface area contributed by atoms with Gasteiger partial charge in [0.25, 0.3) is 0 Å². The maximum atomic E-state index is 13.3. The van der Waals surface area contributed by atoms with Crippen LogP contribution in [0.2, 0.25) is 0 Å². The second kappa shape index (κ2) is 7.17. The molecule has 3 rings (SSSR count). The van der Waals surface area contributed by atoms with Crippen molar-refractivity contribution in [3.8, 4) is 11.3 Å². The van der Waals surface area contributed by atoms with Gasteiger partial charge in [-0.3, -0.25) is 0 Å². The molecule has 0 bridgehead atoms. The Hall–Kier alpha value is -2.82. The first-order chi connectivity index (χ1) is 11.6. The Labute approximate surface area is 138 Å². The van der Waals surface area contributed by atoms with Gasteiger partial charge < -0.3 is 5.32 Å². The molecule has 0 amide bonds. The van der Waals surface area contributed by atoms with Gasteiger partial charge in [-0.05, 0) is 54.4 Å². The summed E-state index contributed by atoms with van der Waals surface area (Å²) >= 11 is 0. The molecule has 0 atom stereocenters. The smallest absolute Gasteiger partial charge is 0.159 e. The highest BCUT2D eigenvalue weighted by atomic mass is 19.2. The monoisotopic (exact) mass is 328 g/mol. The van der Waals surface area contributed by atoms with Crippen LogP contribution < -0.4 is 5.32 Å². The number of hydrogen-bond donors (Lipinski definition) is 1. The maximum Gasteiger partial charge on any atom is 0.159 e. The zero-order valence-corrected chi connectivity index (χ0v) is 12.8. The van der Waals surface area contributed by atoms with Crippen LogP contribution in [0.4, 0.5) is 19.0 Å². The van der Waals surface area contributed by atoms with Crippen LogP contribution in [0, 0.1) is 17.5 Å². The number of nitrogens with one attached hydrogen (secondary N) is 1. The van der Waals surface area contributed by atoms with Crippen LogP contribution in [0.25, 0.3) is 11.3 Å². The first-order valence-corrected chi connectivity index (χ1v) is 7.52. The largest absolute Gasteiger partial charge is 0.370 e. The van der Waals surface area contributed by atoms with Crippen molar-refractivity contribution >= 4 is 5.82 Å². The predicted octanol–water partition coefficient (Wildman–Crippen LogP) is 4.82. The van der Waals surface area contributed by atoms with E-state index < -0.39 is 11.6 Å². The fourth-order valence-electron chi connectivity index (χ4n) is 2.38. The summed E-state index contributed by atoms with van der Waals surface area (Å²) in [6.45, 7) is 0.581. The SMILES string of the molecule is Fc1cccc(CCNc2cccc(-c3ccc(F)c(F)c3)n2)c1. The molecule has 1 N–H and O–H groups in total. The second-order valence-electron chi connectivity index (χ2n) is 5.34. The molecule has 0 saturated heterocycles. The zero-order chi connectivity index (χ0) is 16.9. The Kier molecular flexibility index (Phi) is 4.79. The van der Waals surface area contributed by atoms with E-state index in [1.165, 1.54) is 18.2 Å². The van der Waals surface area contributed by atoms with E-state index in [1.807, 2.05) is 6.07 Å². The average Bonchev–Trinajstić information content (AvgIpc) is 2.58. The van der Waals surface area contributed by atoms with Crippen molar-refractivity contribution in [1.82, 2.24) is 4.98 Å². The Balaban J connectivity index is 1.68. The van der Waals surface area contributed by atoms with Crippen LogP contribution >= 0.6 is 0 Å². The number of hydrogen-bond acceptors (Lipinski definition) is 2. The summed E-state index contributed by atoms with van der Waals surface area (Å²) in [4.78, 5) is 4.39. The van der Waals surface area contributed by atoms with Crippen molar-refractivity contribution in [3.63, 3.8) is 0 Å². The van der Waals surface area contributed by atoms with Crippen molar-refractivity contribution in [2.45, 2.75) is 6.42 Å². The van der Waals surface area contributed by atoms with E-state index in [0.29, 0.717) is 30.0 Å². The summed E-state index contributed by atoms with van der Waals surface area (Å²) in [5.41, 5.74) is 1.94. The van der Waals surface area contributed by atoms with E-state index in [9.17, 15) is 13.2 Å². The minimum Gasteiger partial charge on any atom is -0.370 e. The van der Waals surface area contributed by atoms with Crippen LogP contribution in [0.15, 0.2) is 60.7 Å². The number of halogens is 3. The third-order valence-corrected chi connectivity index (χ3v) is 3.57. The first kappa shape index (κ1) is 16.1. The van der Waals surface area contributed by atoms with Gasteiger partial charge in [0.05, 0.1) is 5.69 Å². The lowest BCUT2D eigenvalue weighted by Gasteiger charge is -2.08. The van der Waals surface area contributed by atoms with E-state index in [-0.39, 0.29) is 5.82 Å². The second-order valence-corrected chi connectivity index (χ2v) is 5.34. The van der Waals surface area contributed by atoms with Gasteiger partial charge in [0.15, 0.2) is 11.6 Å². The summed E-state index contributed by atoms with van der Waals surface area (Å²) in [5.74, 6) is -1.43. The molecule has 0 radical (unpaired) electrons. The molecular weight excluding hydrogens is 313 g/mol. The minimum atomic E-state index is -0.904. The molecular formula is C19H15F3N2. The molecule has 0 unspecified atom stereocenters. The topological polar surface area (TPSA) is 24.9 Å². The van der Waals surface area contributed by atoms with Crippen LogP contribution in [0.3, 0.4) is 0 Å².